The zero-order valence-electron chi connectivity index (χ0n) is 10.5. The summed E-state index contributed by atoms with van der Waals surface area (Å²) in [7, 11) is 0. The molecule has 0 radical (unpaired) electrons. The van der Waals surface area contributed by atoms with Crippen LogP contribution in [-0.2, 0) is 6.54 Å². The molecule has 6 nitrogen and oxygen atoms in total. The SMILES string of the molecule is Cc1ncnc(C)c1CNC(=O)c1cnc(Br)cn1. The molecule has 0 aromatic carbocycles. The maximum absolute atomic E-state index is 11.9. The molecule has 2 rings (SSSR count). The number of hydrogen-bond donors (Lipinski definition) is 1. The van der Waals surface area contributed by atoms with Gasteiger partial charge >= 0.3 is 0 Å². The first-order valence-corrected chi connectivity index (χ1v) is 6.40. The highest BCUT2D eigenvalue weighted by Crippen LogP contribution is 2.08. The number of nitrogens with zero attached hydrogens (tertiary/aromatic N) is 4. The monoisotopic (exact) mass is 321 g/mol. The fourth-order valence-corrected chi connectivity index (χ4v) is 1.77. The van der Waals surface area contributed by atoms with Gasteiger partial charge in [0.05, 0.1) is 12.4 Å². The summed E-state index contributed by atoms with van der Waals surface area (Å²) >= 11 is 3.17. The Balaban J connectivity index is 2.06. The number of amides is 1. The van der Waals surface area contributed by atoms with E-state index in [0.717, 1.165) is 17.0 Å². The molecule has 0 unspecified atom stereocenters. The van der Waals surface area contributed by atoms with Gasteiger partial charge in [-0.3, -0.25) is 4.79 Å². The molecule has 0 bridgehead atoms. The van der Waals surface area contributed by atoms with E-state index in [2.05, 4.69) is 41.2 Å². The van der Waals surface area contributed by atoms with Gasteiger partial charge in [0, 0.05) is 23.5 Å². The molecule has 19 heavy (non-hydrogen) atoms. The largest absolute Gasteiger partial charge is 0.346 e. The van der Waals surface area contributed by atoms with Crippen LogP contribution in [0.25, 0.3) is 0 Å². The molecule has 0 aliphatic rings. The van der Waals surface area contributed by atoms with Gasteiger partial charge < -0.3 is 5.32 Å². The standard InChI is InChI=1S/C12H12BrN5O/c1-7-9(8(2)18-6-17-7)3-16-12(19)10-4-15-11(13)5-14-10/h4-6H,3H2,1-2H3,(H,16,19). The minimum absolute atomic E-state index is 0.273. The lowest BCUT2D eigenvalue weighted by Gasteiger charge is -2.09. The Labute approximate surface area is 118 Å². The van der Waals surface area contributed by atoms with Crippen LogP contribution >= 0.6 is 15.9 Å². The second-order valence-corrected chi connectivity index (χ2v) is 4.74. The van der Waals surface area contributed by atoms with Crippen molar-refractivity contribution in [2.24, 2.45) is 0 Å². The molecule has 0 fully saturated rings. The number of aryl methyl sites for hydroxylation is 2. The molecule has 7 heteroatoms. The number of aromatic nitrogens is 4. The van der Waals surface area contributed by atoms with Gasteiger partial charge in [-0.05, 0) is 29.8 Å². The molecule has 0 saturated carbocycles. The quantitative estimate of drug-likeness (QED) is 0.928. The average Bonchev–Trinajstić information content (AvgIpc) is 2.38. The van der Waals surface area contributed by atoms with E-state index in [0.29, 0.717) is 11.1 Å². The highest BCUT2D eigenvalue weighted by molar-refractivity contribution is 9.10. The van der Waals surface area contributed by atoms with Crippen LogP contribution in [0.5, 0.6) is 0 Å². The van der Waals surface area contributed by atoms with Crippen LogP contribution in [0.4, 0.5) is 0 Å². The van der Waals surface area contributed by atoms with Gasteiger partial charge in [-0.1, -0.05) is 0 Å². The van der Waals surface area contributed by atoms with Crippen molar-refractivity contribution in [3.63, 3.8) is 0 Å². The maximum atomic E-state index is 11.9. The summed E-state index contributed by atoms with van der Waals surface area (Å²) in [5.41, 5.74) is 2.90. The first-order chi connectivity index (χ1) is 9.08. The van der Waals surface area contributed by atoms with Gasteiger partial charge in [0.25, 0.3) is 5.91 Å². The lowest BCUT2D eigenvalue weighted by molar-refractivity contribution is 0.0945. The summed E-state index contributed by atoms with van der Waals surface area (Å²) in [6.07, 6.45) is 4.41. The van der Waals surface area contributed by atoms with Crippen LogP contribution in [-0.4, -0.2) is 25.8 Å². The minimum Gasteiger partial charge on any atom is -0.346 e. The van der Waals surface area contributed by atoms with Gasteiger partial charge in [-0.15, -0.1) is 0 Å². The third kappa shape index (κ3) is 3.31. The number of hydrogen-bond acceptors (Lipinski definition) is 5. The molecule has 0 spiro atoms. The van der Waals surface area contributed by atoms with Crippen molar-refractivity contribution in [3.05, 3.63) is 46.0 Å². The summed E-state index contributed by atoms with van der Waals surface area (Å²) in [6, 6.07) is 0. The van der Waals surface area contributed by atoms with Gasteiger partial charge in [0.2, 0.25) is 0 Å². The molecular weight excluding hydrogens is 310 g/mol. The van der Waals surface area contributed by atoms with Crippen molar-refractivity contribution >= 4 is 21.8 Å². The van der Waals surface area contributed by atoms with E-state index in [-0.39, 0.29) is 11.6 Å². The topological polar surface area (TPSA) is 80.7 Å². The molecule has 0 aliphatic heterocycles. The van der Waals surface area contributed by atoms with Crippen LogP contribution in [0.3, 0.4) is 0 Å². The Kier molecular flexibility index (Phi) is 4.16. The lowest BCUT2D eigenvalue weighted by atomic mass is 10.2. The van der Waals surface area contributed by atoms with Crippen LogP contribution in [0.15, 0.2) is 23.3 Å². The maximum Gasteiger partial charge on any atom is 0.271 e. The number of halogens is 1. The molecule has 1 N–H and O–H groups in total. The Hall–Kier alpha value is -1.89. The number of nitrogens with one attached hydrogen (secondary N) is 1. The van der Waals surface area contributed by atoms with Crippen LogP contribution in [0.2, 0.25) is 0 Å². The van der Waals surface area contributed by atoms with E-state index >= 15 is 0 Å². The van der Waals surface area contributed by atoms with Crippen molar-refractivity contribution in [2.45, 2.75) is 20.4 Å². The van der Waals surface area contributed by atoms with Crippen molar-refractivity contribution in [1.82, 2.24) is 25.3 Å². The van der Waals surface area contributed by atoms with E-state index < -0.39 is 0 Å². The van der Waals surface area contributed by atoms with Gasteiger partial charge in [-0.25, -0.2) is 19.9 Å². The molecule has 98 valence electrons. The number of rotatable bonds is 3. The van der Waals surface area contributed by atoms with Gasteiger partial charge in [0.15, 0.2) is 0 Å². The van der Waals surface area contributed by atoms with Crippen molar-refractivity contribution in [2.75, 3.05) is 0 Å². The number of carbonyl (C=O) groups excluding carboxylic acids is 1. The Morgan fingerprint density at radius 2 is 1.84 bits per heavy atom. The van der Waals surface area contributed by atoms with Crippen molar-refractivity contribution in [1.29, 1.82) is 0 Å². The zero-order chi connectivity index (χ0) is 13.8. The minimum atomic E-state index is -0.275. The Morgan fingerprint density at radius 1 is 1.16 bits per heavy atom. The predicted molar refractivity (Wildman–Crippen MR) is 72.4 cm³/mol. The van der Waals surface area contributed by atoms with Crippen molar-refractivity contribution in [3.8, 4) is 0 Å². The highest BCUT2D eigenvalue weighted by Gasteiger charge is 2.10. The van der Waals surface area contributed by atoms with E-state index in [4.69, 9.17) is 0 Å². The van der Waals surface area contributed by atoms with E-state index in [9.17, 15) is 4.79 Å². The van der Waals surface area contributed by atoms with Gasteiger partial charge in [0.1, 0.15) is 16.6 Å². The van der Waals surface area contributed by atoms with Crippen LogP contribution in [0, 0.1) is 13.8 Å². The molecular formula is C12H12BrN5O. The first kappa shape index (κ1) is 13.5. The summed E-state index contributed by atoms with van der Waals surface area (Å²) in [5.74, 6) is -0.275. The third-order valence-corrected chi connectivity index (χ3v) is 3.06. The molecule has 0 atom stereocenters. The summed E-state index contributed by atoms with van der Waals surface area (Å²) < 4.78 is 0.590. The fourth-order valence-electron chi connectivity index (χ4n) is 1.56. The fraction of sp³-hybridized carbons (Fsp3) is 0.250. The average molecular weight is 322 g/mol. The Bertz CT molecular complexity index is 579. The highest BCUT2D eigenvalue weighted by atomic mass is 79.9. The first-order valence-electron chi connectivity index (χ1n) is 5.60. The summed E-state index contributed by atoms with van der Waals surface area (Å²) in [4.78, 5) is 28.0. The normalized spacial score (nSPS) is 10.3. The molecule has 0 aliphatic carbocycles. The van der Waals surface area contributed by atoms with Crippen molar-refractivity contribution < 1.29 is 4.79 Å². The predicted octanol–water partition coefficient (Wildman–Crippen LogP) is 1.58. The van der Waals surface area contributed by atoms with E-state index in [1.165, 1.54) is 18.7 Å². The molecule has 0 saturated heterocycles. The lowest BCUT2D eigenvalue weighted by Crippen LogP contribution is -2.25. The third-order valence-electron chi connectivity index (χ3n) is 2.65. The smallest absolute Gasteiger partial charge is 0.271 e. The van der Waals surface area contributed by atoms with E-state index in [1.54, 1.807) is 0 Å². The molecule has 2 aromatic heterocycles. The molecule has 1 amide bonds. The second-order valence-electron chi connectivity index (χ2n) is 3.93. The summed E-state index contributed by atoms with van der Waals surface area (Å²) in [5, 5.41) is 2.78. The molecule has 2 aromatic rings. The molecule has 2 heterocycles. The summed E-state index contributed by atoms with van der Waals surface area (Å²) in [6.45, 7) is 4.14. The van der Waals surface area contributed by atoms with Crippen LogP contribution in [0.1, 0.15) is 27.4 Å². The second kappa shape index (κ2) is 5.83. The van der Waals surface area contributed by atoms with Crippen LogP contribution < -0.4 is 5.32 Å². The zero-order valence-corrected chi connectivity index (χ0v) is 12.1. The Morgan fingerprint density at radius 3 is 2.42 bits per heavy atom. The number of carbonyl (C=O) groups is 1. The van der Waals surface area contributed by atoms with E-state index in [1.807, 2.05) is 13.8 Å². The van der Waals surface area contributed by atoms with Gasteiger partial charge in [-0.2, -0.15) is 0 Å².